The molecule has 4 heterocycles. The molecule has 0 unspecified atom stereocenters. The third-order valence-corrected chi connectivity index (χ3v) is 7.27. The van der Waals surface area contributed by atoms with Gasteiger partial charge in [-0.25, -0.2) is 4.39 Å². The van der Waals surface area contributed by atoms with Crippen molar-refractivity contribution in [1.29, 1.82) is 0 Å². The monoisotopic (exact) mass is 472 g/mol. The van der Waals surface area contributed by atoms with Crippen molar-refractivity contribution in [2.24, 2.45) is 0 Å². The molecule has 1 fully saturated rings. The van der Waals surface area contributed by atoms with E-state index < -0.39 is 22.9 Å². The fourth-order valence-electron chi connectivity index (χ4n) is 5.56. The minimum atomic E-state index is -4.58. The Morgan fingerprint density at radius 3 is 2.47 bits per heavy atom. The molecular weight excluding hydrogens is 448 g/mol. The van der Waals surface area contributed by atoms with Crippen LogP contribution in [0.15, 0.2) is 42.1 Å². The summed E-state index contributed by atoms with van der Waals surface area (Å²) in [7, 11) is 0. The Bertz CT molecular complexity index is 1330. The second-order valence-electron chi connectivity index (χ2n) is 9.91. The molecule has 0 amide bonds. The number of aromatic nitrogens is 3. The summed E-state index contributed by atoms with van der Waals surface area (Å²) in [6.07, 6.45) is 1.48. The van der Waals surface area contributed by atoms with Crippen molar-refractivity contribution < 1.29 is 22.3 Å². The number of rotatable bonds is 3. The predicted molar refractivity (Wildman–Crippen MR) is 118 cm³/mol. The first-order chi connectivity index (χ1) is 16.1. The van der Waals surface area contributed by atoms with Crippen LogP contribution in [0.5, 0.6) is 0 Å². The first kappa shape index (κ1) is 21.6. The van der Waals surface area contributed by atoms with Gasteiger partial charge in [-0.3, -0.25) is 4.40 Å². The van der Waals surface area contributed by atoms with E-state index in [2.05, 4.69) is 10.2 Å². The first-order valence-electron chi connectivity index (χ1n) is 11.4. The van der Waals surface area contributed by atoms with Crippen LogP contribution in [0.4, 0.5) is 23.2 Å². The highest BCUT2D eigenvalue weighted by molar-refractivity contribution is 5.67. The highest BCUT2D eigenvalue weighted by Crippen LogP contribution is 2.53. The molecule has 9 heteroatoms. The van der Waals surface area contributed by atoms with Crippen molar-refractivity contribution in [2.75, 3.05) is 18.0 Å². The Morgan fingerprint density at radius 1 is 1.06 bits per heavy atom. The number of hydrogen-bond acceptors (Lipinski definition) is 4. The molecule has 0 N–H and O–H groups in total. The molecule has 6 rings (SSSR count). The number of halogens is 4. The van der Waals surface area contributed by atoms with Crippen molar-refractivity contribution >= 4 is 11.3 Å². The van der Waals surface area contributed by atoms with Gasteiger partial charge in [-0.05, 0) is 62.4 Å². The summed E-state index contributed by atoms with van der Waals surface area (Å²) in [5, 5.41) is 7.97. The van der Waals surface area contributed by atoms with Gasteiger partial charge in [-0.15, -0.1) is 10.2 Å². The van der Waals surface area contributed by atoms with Crippen LogP contribution < -0.4 is 4.90 Å². The van der Waals surface area contributed by atoms with Crippen LogP contribution in [0.25, 0.3) is 5.65 Å². The van der Waals surface area contributed by atoms with Crippen molar-refractivity contribution in [3.63, 3.8) is 0 Å². The maximum Gasteiger partial charge on any atom is 0.422 e. The summed E-state index contributed by atoms with van der Waals surface area (Å²) in [6.45, 7) is 4.56. The number of benzene rings is 1. The molecule has 5 nitrogen and oxygen atoms in total. The molecule has 178 valence electrons. The number of pyridine rings is 1. The second kappa shape index (κ2) is 7.04. The number of nitrogens with zero attached hydrogens (tertiary/aromatic N) is 4. The molecule has 1 aromatic carbocycles. The molecule has 2 aliphatic heterocycles. The van der Waals surface area contributed by atoms with Gasteiger partial charge in [0.1, 0.15) is 17.2 Å². The molecule has 3 aromatic rings. The summed E-state index contributed by atoms with van der Waals surface area (Å²) in [4.78, 5) is 1.75. The topological polar surface area (TPSA) is 42.7 Å². The minimum Gasteiger partial charge on any atom is -0.371 e. The van der Waals surface area contributed by atoms with Gasteiger partial charge in [-0.1, -0.05) is 17.7 Å². The van der Waals surface area contributed by atoms with Gasteiger partial charge in [0, 0.05) is 25.7 Å². The first-order valence-corrected chi connectivity index (χ1v) is 11.4. The fraction of sp³-hybridized carbons (Fsp3) is 0.440. The number of allylic oxidation sites excluding steroid dienone is 2. The molecule has 0 atom stereocenters. The zero-order valence-corrected chi connectivity index (χ0v) is 18.9. The van der Waals surface area contributed by atoms with Gasteiger partial charge in [-0.2, -0.15) is 13.2 Å². The van der Waals surface area contributed by atoms with E-state index in [4.69, 9.17) is 4.74 Å². The summed E-state index contributed by atoms with van der Waals surface area (Å²) in [5.41, 5.74) is 0.784. The van der Waals surface area contributed by atoms with Crippen LogP contribution in [-0.4, -0.2) is 27.7 Å². The van der Waals surface area contributed by atoms with E-state index in [0.717, 1.165) is 23.1 Å². The number of piperidine rings is 1. The molecule has 3 aliphatic rings. The van der Waals surface area contributed by atoms with E-state index in [1.165, 1.54) is 22.6 Å². The highest BCUT2D eigenvalue weighted by atomic mass is 19.4. The SMILES string of the molecule is CC1(C)OC2(CCN(c3ccn4c(CC5=CC5)nnc4c3C(F)(F)F)CC2)c2ccc(F)cc21. The van der Waals surface area contributed by atoms with Gasteiger partial charge in [0.2, 0.25) is 0 Å². The van der Waals surface area contributed by atoms with Crippen molar-refractivity contribution in [3.8, 4) is 0 Å². The Hall–Kier alpha value is -2.94. The van der Waals surface area contributed by atoms with Crippen molar-refractivity contribution in [3.05, 3.63) is 70.4 Å². The number of alkyl halides is 3. The van der Waals surface area contributed by atoms with E-state index in [-0.39, 0.29) is 17.2 Å². The number of hydrogen-bond donors (Lipinski definition) is 0. The van der Waals surface area contributed by atoms with Crippen LogP contribution in [-0.2, 0) is 28.5 Å². The molecule has 1 saturated heterocycles. The van der Waals surface area contributed by atoms with E-state index in [9.17, 15) is 17.6 Å². The lowest BCUT2D eigenvalue weighted by atomic mass is 9.82. The number of ether oxygens (including phenoxy) is 1. The molecule has 2 aromatic heterocycles. The normalized spacial score (nSPS) is 20.6. The van der Waals surface area contributed by atoms with Gasteiger partial charge >= 0.3 is 6.18 Å². The Kier molecular flexibility index (Phi) is 4.47. The van der Waals surface area contributed by atoms with E-state index >= 15 is 0 Å². The van der Waals surface area contributed by atoms with Crippen molar-refractivity contribution in [1.82, 2.24) is 14.6 Å². The second-order valence-corrected chi connectivity index (χ2v) is 9.91. The third-order valence-electron chi connectivity index (χ3n) is 7.27. The fourth-order valence-corrected chi connectivity index (χ4v) is 5.56. The molecule has 0 saturated carbocycles. The Balaban J connectivity index is 1.34. The third kappa shape index (κ3) is 3.32. The van der Waals surface area contributed by atoms with Gasteiger partial charge < -0.3 is 9.64 Å². The average molecular weight is 472 g/mol. The van der Waals surface area contributed by atoms with E-state index in [0.29, 0.717) is 38.2 Å². The zero-order chi connectivity index (χ0) is 23.9. The lowest BCUT2D eigenvalue weighted by Crippen LogP contribution is -2.44. The summed E-state index contributed by atoms with van der Waals surface area (Å²) in [6, 6.07) is 6.21. The summed E-state index contributed by atoms with van der Waals surface area (Å²) in [5.74, 6) is 0.192. The summed E-state index contributed by atoms with van der Waals surface area (Å²) < 4.78 is 64.6. The maximum absolute atomic E-state index is 14.3. The molecular formula is C25H24F4N4O. The van der Waals surface area contributed by atoms with E-state index in [1.807, 2.05) is 19.9 Å². The van der Waals surface area contributed by atoms with Crippen LogP contribution in [0.3, 0.4) is 0 Å². The van der Waals surface area contributed by atoms with Gasteiger partial charge in [0.15, 0.2) is 5.65 Å². The summed E-state index contributed by atoms with van der Waals surface area (Å²) >= 11 is 0. The largest absolute Gasteiger partial charge is 0.422 e. The van der Waals surface area contributed by atoms with Gasteiger partial charge in [0.05, 0.1) is 16.9 Å². The van der Waals surface area contributed by atoms with Crippen LogP contribution in [0.2, 0.25) is 0 Å². The van der Waals surface area contributed by atoms with Crippen LogP contribution >= 0.6 is 0 Å². The molecule has 1 aliphatic carbocycles. The van der Waals surface area contributed by atoms with Crippen molar-refractivity contribution in [2.45, 2.75) is 56.9 Å². The number of anilines is 1. The Labute approximate surface area is 194 Å². The predicted octanol–water partition coefficient (Wildman–Crippen LogP) is 5.52. The van der Waals surface area contributed by atoms with Crippen LogP contribution in [0.1, 0.15) is 55.6 Å². The van der Waals surface area contributed by atoms with Crippen LogP contribution in [0, 0.1) is 5.82 Å². The minimum absolute atomic E-state index is 0.107. The lowest BCUT2D eigenvalue weighted by Gasteiger charge is -2.42. The Morgan fingerprint density at radius 2 is 1.79 bits per heavy atom. The lowest BCUT2D eigenvalue weighted by molar-refractivity contribution is -0.138. The zero-order valence-electron chi connectivity index (χ0n) is 18.9. The molecule has 0 bridgehead atoms. The quantitative estimate of drug-likeness (QED) is 0.372. The molecule has 0 radical (unpaired) electrons. The molecule has 1 spiro atoms. The highest BCUT2D eigenvalue weighted by Gasteiger charge is 2.51. The smallest absolute Gasteiger partial charge is 0.371 e. The average Bonchev–Trinajstić information content (AvgIpc) is 3.46. The number of fused-ring (bicyclic) bond motifs is 3. The van der Waals surface area contributed by atoms with Gasteiger partial charge in [0.25, 0.3) is 0 Å². The standard InChI is InChI=1S/C25H24F4N4O/c1-23(2)18-14-16(26)5-6-17(18)24(34-23)8-11-32(12-9-24)19-7-10-33-20(13-15-3-4-15)30-31-22(33)21(19)25(27,28)29/h3,5-7,10,14H,4,8-9,11-13H2,1-2H3. The molecule has 34 heavy (non-hydrogen) atoms. The van der Waals surface area contributed by atoms with E-state index in [1.54, 1.807) is 17.2 Å². The maximum atomic E-state index is 14.3.